The normalized spacial score (nSPS) is 45.4. The SMILES string of the molecule is C[C@@]12CC[C@@H](O)CC1CCN(CC1CC1)C2. The summed E-state index contributed by atoms with van der Waals surface area (Å²) >= 11 is 0. The number of piperidine rings is 1. The van der Waals surface area contributed by atoms with Crippen LogP contribution in [0.2, 0.25) is 0 Å². The van der Waals surface area contributed by atoms with Crippen LogP contribution in [0.15, 0.2) is 0 Å². The van der Waals surface area contributed by atoms with Crippen molar-refractivity contribution >= 4 is 0 Å². The van der Waals surface area contributed by atoms with Crippen molar-refractivity contribution in [3.8, 4) is 0 Å². The van der Waals surface area contributed by atoms with Gasteiger partial charge in [0.2, 0.25) is 0 Å². The summed E-state index contributed by atoms with van der Waals surface area (Å²) in [6.45, 7) is 6.39. The Balaban J connectivity index is 1.62. The van der Waals surface area contributed by atoms with E-state index in [1.165, 1.54) is 45.3 Å². The van der Waals surface area contributed by atoms with E-state index in [1.807, 2.05) is 0 Å². The van der Waals surface area contributed by atoms with Crippen LogP contribution >= 0.6 is 0 Å². The Labute approximate surface area is 99.0 Å². The first-order chi connectivity index (χ1) is 7.66. The topological polar surface area (TPSA) is 23.5 Å². The highest BCUT2D eigenvalue weighted by Crippen LogP contribution is 2.46. The minimum atomic E-state index is -0.00643. The second kappa shape index (κ2) is 3.99. The maximum Gasteiger partial charge on any atom is 0.0543 e. The molecule has 0 spiro atoms. The van der Waals surface area contributed by atoms with Crippen LogP contribution in [-0.2, 0) is 0 Å². The lowest BCUT2D eigenvalue weighted by molar-refractivity contribution is -0.0384. The highest BCUT2D eigenvalue weighted by atomic mass is 16.3. The minimum Gasteiger partial charge on any atom is -0.393 e. The molecule has 0 amide bonds. The number of nitrogens with zero attached hydrogens (tertiary/aromatic N) is 1. The molecule has 2 nitrogen and oxygen atoms in total. The van der Waals surface area contributed by atoms with Crippen molar-refractivity contribution < 1.29 is 5.11 Å². The van der Waals surface area contributed by atoms with Gasteiger partial charge in [-0.2, -0.15) is 0 Å². The van der Waals surface area contributed by atoms with Gasteiger partial charge < -0.3 is 10.0 Å². The van der Waals surface area contributed by atoms with Gasteiger partial charge >= 0.3 is 0 Å². The molecule has 3 aliphatic rings. The van der Waals surface area contributed by atoms with Crippen LogP contribution < -0.4 is 0 Å². The molecule has 0 aromatic carbocycles. The number of fused-ring (bicyclic) bond motifs is 1. The molecule has 0 aromatic rings. The Morgan fingerprint density at radius 1 is 1.25 bits per heavy atom. The summed E-state index contributed by atoms with van der Waals surface area (Å²) in [6.07, 6.45) is 7.58. The Morgan fingerprint density at radius 3 is 2.81 bits per heavy atom. The van der Waals surface area contributed by atoms with Crippen molar-refractivity contribution in [2.24, 2.45) is 17.3 Å². The molecule has 2 aliphatic carbocycles. The molecule has 1 aliphatic heterocycles. The van der Waals surface area contributed by atoms with E-state index in [0.29, 0.717) is 5.41 Å². The average Bonchev–Trinajstić information content (AvgIpc) is 3.03. The van der Waals surface area contributed by atoms with Gasteiger partial charge in [-0.3, -0.25) is 0 Å². The van der Waals surface area contributed by atoms with Crippen molar-refractivity contribution in [2.45, 2.75) is 51.6 Å². The molecule has 0 radical (unpaired) electrons. The lowest BCUT2D eigenvalue weighted by Gasteiger charge is -2.50. The van der Waals surface area contributed by atoms with Gasteiger partial charge in [0.1, 0.15) is 0 Å². The number of hydrogen-bond donors (Lipinski definition) is 1. The first-order valence-corrected chi connectivity index (χ1v) is 7.06. The maximum atomic E-state index is 9.77. The minimum absolute atomic E-state index is 0.00643. The zero-order valence-electron chi connectivity index (χ0n) is 10.5. The summed E-state index contributed by atoms with van der Waals surface area (Å²) in [6, 6.07) is 0. The lowest BCUT2D eigenvalue weighted by atomic mass is 9.63. The Morgan fingerprint density at radius 2 is 2.06 bits per heavy atom. The van der Waals surface area contributed by atoms with Crippen molar-refractivity contribution in [3.63, 3.8) is 0 Å². The third-order valence-electron chi connectivity index (χ3n) is 5.18. The second-order valence-corrected chi connectivity index (χ2v) is 6.75. The molecule has 2 saturated carbocycles. The molecule has 3 atom stereocenters. The van der Waals surface area contributed by atoms with Crippen LogP contribution in [0.5, 0.6) is 0 Å². The van der Waals surface area contributed by atoms with E-state index in [4.69, 9.17) is 0 Å². The summed E-state index contributed by atoms with van der Waals surface area (Å²) in [7, 11) is 0. The third-order valence-corrected chi connectivity index (χ3v) is 5.18. The largest absolute Gasteiger partial charge is 0.393 e. The predicted molar refractivity (Wildman–Crippen MR) is 65.2 cm³/mol. The smallest absolute Gasteiger partial charge is 0.0543 e. The first kappa shape index (κ1) is 11.0. The molecule has 1 unspecified atom stereocenters. The van der Waals surface area contributed by atoms with Crippen molar-refractivity contribution in [3.05, 3.63) is 0 Å². The number of rotatable bonds is 2. The predicted octanol–water partition coefficient (Wildman–Crippen LogP) is 2.27. The lowest BCUT2D eigenvalue weighted by Crippen LogP contribution is -2.50. The summed E-state index contributed by atoms with van der Waals surface area (Å²) < 4.78 is 0. The van der Waals surface area contributed by atoms with Gasteiger partial charge in [0.25, 0.3) is 0 Å². The molecule has 1 saturated heterocycles. The van der Waals surface area contributed by atoms with Gasteiger partial charge in [-0.05, 0) is 62.3 Å². The van der Waals surface area contributed by atoms with Gasteiger partial charge in [0.05, 0.1) is 6.10 Å². The summed E-state index contributed by atoms with van der Waals surface area (Å²) in [5.74, 6) is 1.81. The number of hydrogen-bond acceptors (Lipinski definition) is 2. The van der Waals surface area contributed by atoms with Gasteiger partial charge in [-0.1, -0.05) is 6.92 Å². The highest BCUT2D eigenvalue weighted by molar-refractivity contribution is 4.95. The average molecular weight is 223 g/mol. The van der Waals surface area contributed by atoms with Gasteiger partial charge in [0, 0.05) is 13.1 Å². The molecule has 92 valence electrons. The van der Waals surface area contributed by atoms with Crippen LogP contribution in [0.25, 0.3) is 0 Å². The van der Waals surface area contributed by atoms with E-state index in [-0.39, 0.29) is 6.10 Å². The fourth-order valence-corrected chi connectivity index (χ4v) is 3.86. The fourth-order valence-electron chi connectivity index (χ4n) is 3.86. The van der Waals surface area contributed by atoms with E-state index in [1.54, 1.807) is 0 Å². The standard InChI is InChI=1S/C14H25NO/c1-14-6-4-13(16)8-12(14)5-7-15(10-14)9-11-2-3-11/h11-13,16H,2-10H2,1H3/t12?,13-,14+/m1/s1. The zero-order valence-corrected chi connectivity index (χ0v) is 10.5. The number of aliphatic hydroxyl groups is 1. The van der Waals surface area contributed by atoms with Crippen LogP contribution in [0.1, 0.15) is 45.4 Å². The van der Waals surface area contributed by atoms with Crippen LogP contribution in [0.4, 0.5) is 0 Å². The van der Waals surface area contributed by atoms with Gasteiger partial charge in [-0.15, -0.1) is 0 Å². The number of aliphatic hydroxyl groups excluding tert-OH is 1. The molecule has 0 aromatic heterocycles. The summed E-state index contributed by atoms with van der Waals surface area (Å²) in [5, 5.41) is 9.77. The van der Waals surface area contributed by atoms with E-state index < -0.39 is 0 Å². The summed E-state index contributed by atoms with van der Waals surface area (Å²) in [4.78, 5) is 2.70. The van der Waals surface area contributed by atoms with Crippen molar-refractivity contribution in [1.82, 2.24) is 4.90 Å². The molecule has 3 fully saturated rings. The van der Waals surface area contributed by atoms with Crippen molar-refractivity contribution in [2.75, 3.05) is 19.6 Å². The third kappa shape index (κ3) is 2.14. The second-order valence-electron chi connectivity index (χ2n) is 6.75. The van der Waals surface area contributed by atoms with E-state index >= 15 is 0 Å². The Hall–Kier alpha value is -0.0800. The van der Waals surface area contributed by atoms with E-state index in [2.05, 4.69) is 11.8 Å². The summed E-state index contributed by atoms with van der Waals surface area (Å²) in [5.41, 5.74) is 0.506. The molecule has 16 heavy (non-hydrogen) atoms. The van der Waals surface area contributed by atoms with Crippen LogP contribution in [0, 0.1) is 17.3 Å². The molecule has 3 rings (SSSR count). The quantitative estimate of drug-likeness (QED) is 0.776. The monoisotopic (exact) mass is 223 g/mol. The van der Waals surface area contributed by atoms with E-state index in [0.717, 1.165) is 24.7 Å². The van der Waals surface area contributed by atoms with Gasteiger partial charge in [-0.25, -0.2) is 0 Å². The Bertz CT molecular complexity index is 263. The van der Waals surface area contributed by atoms with E-state index in [9.17, 15) is 5.11 Å². The molecule has 0 bridgehead atoms. The molecule has 1 heterocycles. The van der Waals surface area contributed by atoms with Crippen LogP contribution in [-0.4, -0.2) is 35.7 Å². The number of likely N-dealkylation sites (tertiary alicyclic amines) is 1. The highest BCUT2D eigenvalue weighted by Gasteiger charge is 2.43. The molecular weight excluding hydrogens is 198 g/mol. The van der Waals surface area contributed by atoms with Crippen molar-refractivity contribution in [1.29, 1.82) is 0 Å². The molecular formula is C14H25NO. The maximum absolute atomic E-state index is 9.77. The fraction of sp³-hybridized carbons (Fsp3) is 1.00. The Kier molecular flexibility index (Phi) is 2.75. The molecule has 2 heteroatoms. The molecule has 1 N–H and O–H groups in total. The zero-order chi connectivity index (χ0) is 11.2. The van der Waals surface area contributed by atoms with Crippen LogP contribution in [0.3, 0.4) is 0 Å². The van der Waals surface area contributed by atoms with Gasteiger partial charge in [0.15, 0.2) is 0 Å². The first-order valence-electron chi connectivity index (χ1n) is 7.06.